The third-order valence-electron chi connectivity index (χ3n) is 3.40. The Bertz CT molecular complexity index is 1020. The van der Waals surface area contributed by atoms with E-state index in [0.717, 1.165) is 24.3 Å². The van der Waals surface area contributed by atoms with Crippen LogP contribution in [0.1, 0.15) is 10.6 Å². The highest BCUT2D eigenvalue weighted by atomic mass is 19.4. The van der Waals surface area contributed by atoms with Crippen LogP contribution in [-0.2, 0) is 0 Å². The summed E-state index contributed by atoms with van der Waals surface area (Å²) in [4.78, 5) is 14.9. The average Bonchev–Trinajstić information content (AvgIpc) is 3.06. The fourth-order valence-corrected chi connectivity index (χ4v) is 2.30. The molecule has 0 saturated heterocycles. The van der Waals surface area contributed by atoms with E-state index in [1.807, 2.05) is 0 Å². The predicted molar refractivity (Wildman–Crippen MR) is 82.4 cm³/mol. The van der Waals surface area contributed by atoms with E-state index in [-0.39, 0.29) is 22.8 Å². The molecule has 0 aliphatic heterocycles. The number of aromatic amines is 1. The molecule has 6 nitrogen and oxygen atoms in total. The van der Waals surface area contributed by atoms with Gasteiger partial charge in [-0.3, -0.25) is 9.89 Å². The van der Waals surface area contributed by atoms with Crippen molar-refractivity contribution in [3.63, 3.8) is 0 Å². The Kier molecular flexibility index (Phi) is 4.52. The van der Waals surface area contributed by atoms with Crippen molar-refractivity contribution < 1.29 is 31.5 Å². The molecule has 0 fully saturated rings. The molecule has 0 bridgehead atoms. The number of nitrogens with zero attached hydrogens (tertiary/aromatic N) is 2. The van der Waals surface area contributed by atoms with E-state index < -0.39 is 35.2 Å². The highest BCUT2D eigenvalue weighted by molar-refractivity contribution is 5.89. The molecule has 3 aromatic rings. The van der Waals surface area contributed by atoms with Crippen molar-refractivity contribution in [2.45, 2.75) is 6.36 Å². The SMILES string of the molecule is NC(=O)c1nc(-c2ccc(F)c(-c3cc(F)ccc3OC(F)(F)F)c2)n[nH]1. The number of aromatic nitrogens is 3. The highest BCUT2D eigenvalue weighted by Gasteiger charge is 2.32. The van der Waals surface area contributed by atoms with Gasteiger partial charge in [0, 0.05) is 16.7 Å². The minimum atomic E-state index is -5.05. The minimum absolute atomic E-state index is 0.0558. The largest absolute Gasteiger partial charge is 0.573 e. The van der Waals surface area contributed by atoms with E-state index in [1.165, 1.54) is 6.07 Å². The number of amides is 1. The lowest BCUT2D eigenvalue weighted by Gasteiger charge is -2.14. The summed E-state index contributed by atoms with van der Waals surface area (Å²) in [5, 5.41) is 5.99. The normalized spacial score (nSPS) is 11.4. The second kappa shape index (κ2) is 6.67. The number of ether oxygens (including phenoxy) is 1. The number of H-pyrrole nitrogens is 1. The summed E-state index contributed by atoms with van der Waals surface area (Å²) in [5.41, 5.74) is 4.36. The maximum absolute atomic E-state index is 14.3. The Morgan fingerprint density at radius 1 is 1.07 bits per heavy atom. The molecule has 2 aromatic carbocycles. The van der Waals surface area contributed by atoms with Crippen LogP contribution in [0.25, 0.3) is 22.5 Å². The Morgan fingerprint density at radius 2 is 1.81 bits per heavy atom. The molecule has 1 heterocycles. The summed E-state index contributed by atoms with van der Waals surface area (Å²) >= 11 is 0. The van der Waals surface area contributed by atoms with Gasteiger partial charge in [0.05, 0.1) is 0 Å². The van der Waals surface area contributed by atoms with E-state index in [9.17, 15) is 26.7 Å². The summed E-state index contributed by atoms with van der Waals surface area (Å²) in [7, 11) is 0. The number of halogens is 5. The maximum atomic E-state index is 14.3. The number of hydrogen-bond acceptors (Lipinski definition) is 4. The highest BCUT2D eigenvalue weighted by Crippen LogP contribution is 2.37. The van der Waals surface area contributed by atoms with Crippen LogP contribution >= 0.6 is 0 Å². The zero-order valence-corrected chi connectivity index (χ0v) is 13.1. The van der Waals surface area contributed by atoms with Gasteiger partial charge >= 0.3 is 6.36 Å². The second-order valence-corrected chi connectivity index (χ2v) is 5.25. The van der Waals surface area contributed by atoms with Crippen LogP contribution in [0.2, 0.25) is 0 Å². The quantitative estimate of drug-likeness (QED) is 0.674. The molecule has 27 heavy (non-hydrogen) atoms. The Balaban J connectivity index is 2.12. The lowest BCUT2D eigenvalue weighted by Crippen LogP contribution is -2.17. The number of rotatable bonds is 4. The lowest BCUT2D eigenvalue weighted by molar-refractivity contribution is -0.274. The number of hydrogen-bond donors (Lipinski definition) is 2. The van der Waals surface area contributed by atoms with Gasteiger partial charge in [0.25, 0.3) is 5.91 Å². The van der Waals surface area contributed by atoms with Crippen molar-refractivity contribution >= 4 is 5.91 Å². The molecular weight excluding hydrogens is 375 g/mol. The standard InChI is InChI=1S/C16H9F5N4O2/c17-8-2-4-12(27-16(19,20)21)10(6-8)9-5-7(1-3-11(9)18)14-23-15(13(22)26)25-24-14/h1-6H,(H2,22,26)(H,23,24,25). The maximum Gasteiger partial charge on any atom is 0.573 e. The summed E-state index contributed by atoms with van der Waals surface area (Å²) in [6.45, 7) is 0. The van der Waals surface area contributed by atoms with Crippen molar-refractivity contribution in [1.82, 2.24) is 15.2 Å². The van der Waals surface area contributed by atoms with Gasteiger partial charge < -0.3 is 10.5 Å². The van der Waals surface area contributed by atoms with Crippen LogP contribution < -0.4 is 10.5 Å². The van der Waals surface area contributed by atoms with E-state index >= 15 is 0 Å². The number of nitrogens with one attached hydrogen (secondary N) is 1. The fourth-order valence-electron chi connectivity index (χ4n) is 2.30. The van der Waals surface area contributed by atoms with E-state index in [0.29, 0.717) is 6.07 Å². The van der Waals surface area contributed by atoms with Crippen molar-refractivity contribution in [2.75, 3.05) is 0 Å². The number of carbonyl (C=O) groups is 1. The molecule has 140 valence electrons. The fraction of sp³-hybridized carbons (Fsp3) is 0.0625. The van der Waals surface area contributed by atoms with Crippen LogP contribution in [0.15, 0.2) is 36.4 Å². The smallest absolute Gasteiger partial charge is 0.405 e. The molecule has 0 aliphatic rings. The van der Waals surface area contributed by atoms with E-state index in [2.05, 4.69) is 19.9 Å². The van der Waals surface area contributed by atoms with Crippen molar-refractivity contribution in [2.24, 2.45) is 5.73 Å². The number of carbonyl (C=O) groups excluding carboxylic acids is 1. The molecule has 0 spiro atoms. The van der Waals surface area contributed by atoms with Crippen LogP contribution in [0.3, 0.4) is 0 Å². The summed E-state index contributed by atoms with van der Waals surface area (Å²) < 4.78 is 69.4. The zero-order chi connectivity index (χ0) is 19.8. The van der Waals surface area contributed by atoms with Crippen molar-refractivity contribution in [3.05, 3.63) is 53.9 Å². The molecule has 0 atom stereocenters. The van der Waals surface area contributed by atoms with Gasteiger partial charge in [0.1, 0.15) is 17.4 Å². The topological polar surface area (TPSA) is 93.9 Å². The molecule has 11 heteroatoms. The third kappa shape index (κ3) is 4.02. The summed E-state index contributed by atoms with van der Waals surface area (Å²) in [6.07, 6.45) is -5.05. The molecule has 0 aliphatic carbocycles. The Labute approximate surface area is 147 Å². The van der Waals surface area contributed by atoms with Gasteiger partial charge in [-0.15, -0.1) is 13.2 Å². The Hall–Kier alpha value is -3.50. The third-order valence-corrected chi connectivity index (χ3v) is 3.40. The molecule has 3 N–H and O–H groups in total. The first-order valence-corrected chi connectivity index (χ1v) is 7.22. The van der Waals surface area contributed by atoms with Crippen molar-refractivity contribution in [1.29, 1.82) is 0 Å². The van der Waals surface area contributed by atoms with E-state index in [4.69, 9.17) is 5.73 Å². The van der Waals surface area contributed by atoms with Crippen LogP contribution in [0, 0.1) is 11.6 Å². The monoisotopic (exact) mass is 384 g/mol. The first-order valence-electron chi connectivity index (χ1n) is 7.22. The molecule has 0 saturated carbocycles. The van der Waals surface area contributed by atoms with Gasteiger partial charge in [-0.2, -0.15) is 5.10 Å². The molecule has 3 rings (SSSR count). The molecule has 1 amide bonds. The summed E-state index contributed by atoms with van der Waals surface area (Å²) in [6, 6.07) is 5.46. The first kappa shape index (κ1) is 18.3. The van der Waals surface area contributed by atoms with Gasteiger partial charge in [-0.05, 0) is 36.4 Å². The van der Waals surface area contributed by atoms with Gasteiger partial charge in [0.15, 0.2) is 5.82 Å². The second-order valence-electron chi connectivity index (χ2n) is 5.25. The molecular formula is C16H9F5N4O2. The number of benzene rings is 2. The van der Waals surface area contributed by atoms with Gasteiger partial charge in [-0.25, -0.2) is 13.8 Å². The van der Waals surface area contributed by atoms with Gasteiger partial charge in [-0.1, -0.05) is 0 Å². The Morgan fingerprint density at radius 3 is 2.44 bits per heavy atom. The van der Waals surface area contributed by atoms with Crippen molar-refractivity contribution in [3.8, 4) is 28.3 Å². The van der Waals surface area contributed by atoms with E-state index in [1.54, 1.807) is 0 Å². The van der Waals surface area contributed by atoms with Crippen LogP contribution in [-0.4, -0.2) is 27.5 Å². The first-order chi connectivity index (χ1) is 12.6. The van der Waals surface area contributed by atoms with Gasteiger partial charge in [0.2, 0.25) is 5.82 Å². The van der Waals surface area contributed by atoms with Crippen LogP contribution in [0.5, 0.6) is 5.75 Å². The number of alkyl halides is 3. The molecule has 0 radical (unpaired) electrons. The number of primary amides is 1. The molecule has 0 unspecified atom stereocenters. The summed E-state index contributed by atoms with van der Waals surface area (Å²) in [5.74, 6) is -3.81. The lowest BCUT2D eigenvalue weighted by atomic mass is 10.0. The average molecular weight is 384 g/mol. The zero-order valence-electron chi connectivity index (χ0n) is 13.1. The van der Waals surface area contributed by atoms with Crippen LogP contribution in [0.4, 0.5) is 22.0 Å². The predicted octanol–water partition coefficient (Wildman–Crippen LogP) is 3.41. The number of nitrogens with two attached hydrogens (primary N) is 1. The molecule has 1 aromatic heterocycles. The minimum Gasteiger partial charge on any atom is -0.405 e.